The van der Waals surface area contributed by atoms with E-state index in [1.165, 1.54) is 12.3 Å². The molecule has 0 aliphatic carbocycles. The molecule has 0 aromatic carbocycles. The standard InChI is InChI=1S/C13H18F3N3O4S/c14-13(15,16)12(22,9-2-1-5-19-8-9)4-7-24(18,23)6-3-10(17)11(20)21/h1-2,5,8,10,18,22H,3-4,6-7,17H2,(H,20,21)/t10-,12?,24?/m0/s1. The van der Waals surface area contributed by atoms with E-state index >= 15 is 0 Å². The van der Waals surface area contributed by atoms with Gasteiger partial charge in [0.2, 0.25) is 0 Å². The minimum atomic E-state index is -5.05. The van der Waals surface area contributed by atoms with Crippen LogP contribution in [0.3, 0.4) is 0 Å². The van der Waals surface area contributed by atoms with Crippen LogP contribution in [0.4, 0.5) is 13.2 Å². The highest BCUT2D eigenvalue weighted by molar-refractivity contribution is 7.92. The lowest BCUT2D eigenvalue weighted by Crippen LogP contribution is -2.44. The summed E-state index contributed by atoms with van der Waals surface area (Å²) in [4.78, 5) is 14.1. The number of aliphatic hydroxyl groups is 1. The van der Waals surface area contributed by atoms with Crippen LogP contribution in [0.2, 0.25) is 0 Å². The lowest BCUT2D eigenvalue weighted by atomic mass is 9.92. The van der Waals surface area contributed by atoms with Crippen LogP contribution in [0.1, 0.15) is 18.4 Å². The quantitative estimate of drug-likeness (QED) is 0.541. The van der Waals surface area contributed by atoms with Gasteiger partial charge in [-0.15, -0.1) is 0 Å². The van der Waals surface area contributed by atoms with Gasteiger partial charge in [0.1, 0.15) is 6.04 Å². The van der Waals surface area contributed by atoms with Crippen LogP contribution in [-0.2, 0) is 20.1 Å². The molecule has 24 heavy (non-hydrogen) atoms. The molecule has 1 aromatic heterocycles. The number of nitrogens with one attached hydrogen (secondary N) is 1. The van der Waals surface area contributed by atoms with Gasteiger partial charge in [0.15, 0.2) is 5.60 Å². The van der Waals surface area contributed by atoms with Gasteiger partial charge in [-0.25, -0.2) is 4.21 Å². The monoisotopic (exact) mass is 369 g/mol. The van der Waals surface area contributed by atoms with Crippen molar-refractivity contribution >= 4 is 15.7 Å². The Morgan fingerprint density at radius 1 is 1.42 bits per heavy atom. The van der Waals surface area contributed by atoms with Crippen molar-refractivity contribution in [2.24, 2.45) is 5.73 Å². The molecule has 0 spiro atoms. The summed E-state index contributed by atoms with van der Waals surface area (Å²) in [6.45, 7) is 0. The van der Waals surface area contributed by atoms with Gasteiger partial charge in [-0.2, -0.15) is 13.2 Å². The summed E-state index contributed by atoms with van der Waals surface area (Å²) in [5.74, 6) is -2.58. The van der Waals surface area contributed by atoms with E-state index in [1.54, 1.807) is 0 Å². The molecule has 5 N–H and O–H groups in total. The maximum absolute atomic E-state index is 13.3. The van der Waals surface area contributed by atoms with Crippen molar-refractivity contribution in [1.82, 2.24) is 4.98 Å². The van der Waals surface area contributed by atoms with E-state index in [2.05, 4.69) is 4.98 Å². The lowest BCUT2D eigenvalue weighted by Gasteiger charge is -2.31. The Labute approximate surface area is 136 Å². The summed E-state index contributed by atoms with van der Waals surface area (Å²) in [7, 11) is -3.54. The molecule has 7 nitrogen and oxygen atoms in total. The van der Waals surface area contributed by atoms with E-state index in [4.69, 9.17) is 15.6 Å². The molecule has 1 heterocycles. The third-order valence-corrected chi connectivity index (χ3v) is 5.24. The molecule has 0 aliphatic heterocycles. The molecule has 0 aliphatic rings. The smallest absolute Gasteiger partial charge is 0.421 e. The minimum Gasteiger partial charge on any atom is -0.480 e. The van der Waals surface area contributed by atoms with Crippen LogP contribution in [-0.4, -0.2) is 49.1 Å². The number of alkyl halides is 3. The Morgan fingerprint density at radius 3 is 2.50 bits per heavy atom. The fourth-order valence-corrected chi connectivity index (χ4v) is 3.38. The number of pyridine rings is 1. The van der Waals surface area contributed by atoms with Gasteiger partial charge in [-0.3, -0.25) is 14.6 Å². The molecular formula is C13H18F3N3O4S. The van der Waals surface area contributed by atoms with Crippen LogP contribution in [0.25, 0.3) is 0 Å². The second-order valence-corrected chi connectivity index (χ2v) is 7.74. The number of aliphatic carboxylic acids is 1. The lowest BCUT2D eigenvalue weighted by molar-refractivity contribution is -0.267. The van der Waals surface area contributed by atoms with Gasteiger partial charge in [-0.1, -0.05) is 6.07 Å². The van der Waals surface area contributed by atoms with Crippen molar-refractivity contribution in [3.05, 3.63) is 30.1 Å². The summed E-state index contributed by atoms with van der Waals surface area (Å²) >= 11 is 0. The number of aromatic nitrogens is 1. The summed E-state index contributed by atoms with van der Waals surface area (Å²) < 4.78 is 59.4. The average molecular weight is 369 g/mol. The first-order valence-corrected chi connectivity index (χ1v) is 8.71. The second kappa shape index (κ2) is 7.45. The van der Waals surface area contributed by atoms with Crippen LogP contribution >= 0.6 is 0 Å². The molecule has 0 amide bonds. The van der Waals surface area contributed by atoms with Crippen LogP contribution in [0.15, 0.2) is 24.5 Å². The normalized spacial score (nSPS) is 18.4. The van der Waals surface area contributed by atoms with Crippen LogP contribution < -0.4 is 5.73 Å². The molecular weight excluding hydrogens is 351 g/mol. The Balaban J connectivity index is 2.88. The molecule has 2 unspecified atom stereocenters. The summed E-state index contributed by atoms with van der Waals surface area (Å²) in [5, 5.41) is 18.7. The second-order valence-electron chi connectivity index (χ2n) is 5.30. The zero-order valence-electron chi connectivity index (χ0n) is 12.5. The van der Waals surface area contributed by atoms with Gasteiger partial charge < -0.3 is 15.9 Å². The molecule has 1 rings (SSSR count). The third kappa shape index (κ3) is 5.14. The first kappa shape index (κ1) is 20.3. The number of nitrogens with two attached hydrogens (primary N) is 1. The number of halogens is 3. The average Bonchev–Trinajstić information content (AvgIpc) is 2.50. The largest absolute Gasteiger partial charge is 0.480 e. The number of carbonyl (C=O) groups is 1. The molecule has 0 bridgehead atoms. The predicted octanol–water partition coefficient (Wildman–Crippen LogP) is 1.07. The van der Waals surface area contributed by atoms with E-state index in [0.717, 1.165) is 12.3 Å². The van der Waals surface area contributed by atoms with E-state index in [0.29, 0.717) is 0 Å². The van der Waals surface area contributed by atoms with Crippen molar-refractivity contribution in [2.45, 2.75) is 30.7 Å². The van der Waals surface area contributed by atoms with Gasteiger partial charge in [0.25, 0.3) is 0 Å². The number of hydrogen-bond acceptors (Lipinski definition) is 6. The maximum atomic E-state index is 13.3. The number of nitrogens with zero attached hydrogens (tertiary/aromatic N) is 1. The number of carboxylic acids is 1. The van der Waals surface area contributed by atoms with Crippen molar-refractivity contribution in [2.75, 3.05) is 11.5 Å². The fourth-order valence-electron chi connectivity index (χ4n) is 1.91. The Kier molecular flexibility index (Phi) is 6.31. The molecule has 0 radical (unpaired) electrons. The van der Waals surface area contributed by atoms with E-state index in [1.807, 2.05) is 0 Å². The fraction of sp³-hybridized carbons (Fsp3) is 0.538. The molecule has 0 saturated heterocycles. The Hall–Kier alpha value is -1.72. The van der Waals surface area contributed by atoms with Crippen molar-refractivity contribution in [3.63, 3.8) is 0 Å². The molecule has 0 fully saturated rings. The SMILES string of the molecule is N=S(=O)(CC[C@H](N)C(=O)O)CCC(O)(c1cccnc1)C(F)(F)F. The zero-order valence-corrected chi connectivity index (χ0v) is 13.3. The number of carboxylic acid groups (broad SMARTS) is 1. The zero-order chi connectivity index (χ0) is 18.6. The first-order valence-electron chi connectivity index (χ1n) is 6.81. The van der Waals surface area contributed by atoms with Gasteiger partial charge in [-0.05, 0) is 12.5 Å². The van der Waals surface area contributed by atoms with E-state index in [9.17, 15) is 27.3 Å². The Morgan fingerprint density at radius 2 is 2.04 bits per heavy atom. The molecule has 136 valence electrons. The summed E-state index contributed by atoms with van der Waals surface area (Å²) in [6, 6.07) is 0.902. The highest BCUT2D eigenvalue weighted by Gasteiger charge is 2.55. The van der Waals surface area contributed by atoms with Gasteiger partial charge in [0, 0.05) is 45.6 Å². The molecule has 1 aromatic rings. The van der Waals surface area contributed by atoms with Crippen LogP contribution in [0.5, 0.6) is 0 Å². The van der Waals surface area contributed by atoms with Gasteiger partial charge in [0.05, 0.1) is 0 Å². The molecule has 11 heteroatoms. The highest BCUT2D eigenvalue weighted by Crippen LogP contribution is 2.41. The minimum absolute atomic E-state index is 0.311. The highest BCUT2D eigenvalue weighted by atomic mass is 32.2. The number of hydrogen-bond donors (Lipinski definition) is 4. The number of rotatable bonds is 8. The van der Waals surface area contributed by atoms with Crippen molar-refractivity contribution in [3.8, 4) is 0 Å². The molecule has 0 saturated carbocycles. The molecule has 3 atom stereocenters. The van der Waals surface area contributed by atoms with Crippen LogP contribution in [0, 0.1) is 4.78 Å². The predicted molar refractivity (Wildman–Crippen MR) is 79.6 cm³/mol. The first-order chi connectivity index (χ1) is 10.9. The van der Waals surface area contributed by atoms with E-state index in [-0.39, 0.29) is 6.42 Å². The maximum Gasteiger partial charge on any atom is 0.421 e. The third-order valence-electron chi connectivity index (χ3n) is 3.48. The van der Waals surface area contributed by atoms with E-state index < -0.39 is 57.0 Å². The summed E-state index contributed by atoms with van der Waals surface area (Å²) in [5.41, 5.74) is 1.41. The summed E-state index contributed by atoms with van der Waals surface area (Å²) in [6.07, 6.45) is -4.29. The van der Waals surface area contributed by atoms with Crippen molar-refractivity contribution < 1.29 is 32.4 Å². The van der Waals surface area contributed by atoms with Gasteiger partial charge >= 0.3 is 12.1 Å². The van der Waals surface area contributed by atoms with Crippen molar-refractivity contribution in [1.29, 1.82) is 4.78 Å². The Bertz CT molecular complexity index is 667. The topological polar surface area (TPSA) is 137 Å².